The minimum Gasteiger partial charge on any atom is -0.497 e. The molecule has 0 atom stereocenters. The van der Waals surface area contributed by atoms with Gasteiger partial charge >= 0.3 is 5.97 Å². The molecule has 0 unspecified atom stereocenters. The van der Waals surface area contributed by atoms with Crippen molar-refractivity contribution in [1.29, 1.82) is 0 Å². The van der Waals surface area contributed by atoms with Crippen LogP contribution in [0.1, 0.15) is 5.56 Å². The molecule has 0 amide bonds. The molecule has 3 nitrogen and oxygen atoms in total. The van der Waals surface area contributed by atoms with Crippen LogP contribution in [0.15, 0.2) is 24.3 Å². The van der Waals surface area contributed by atoms with Gasteiger partial charge in [-0.1, -0.05) is 12.2 Å². The van der Waals surface area contributed by atoms with Crippen molar-refractivity contribution in [2.75, 3.05) is 20.0 Å². The number of methoxy groups -OCH3 is 2. The molecule has 0 aliphatic rings. The Hall–Kier alpha value is -1.07. The van der Waals surface area contributed by atoms with E-state index in [1.165, 1.54) is 18.9 Å². The van der Waals surface area contributed by atoms with Gasteiger partial charge in [-0.15, -0.1) is 11.8 Å². The van der Waals surface area contributed by atoms with Gasteiger partial charge in [0.05, 0.1) is 24.2 Å². The number of thioether (sulfide) groups is 1. The van der Waals surface area contributed by atoms with Crippen molar-refractivity contribution >= 4 is 34.1 Å². The van der Waals surface area contributed by atoms with Gasteiger partial charge in [-0.05, 0) is 29.8 Å². The monoisotopic (exact) mass is 256 g/mol. The van der Waals surface area contributed by atoms with Crippen LogP contribution in [0.2, 0.25) is 0 Å². The number of hydrogen-bond acceptors (Lipinski definition) is 5. The second kappa shape index (κ2) is 6.50. The topological polar surface area (TPSA) is 35.5 Å². The highest BCUT2D eigenvalue weighted by molar-refractivity contribution is 8.24. The number of thiocarbonyl (C=S) groups is 1. The fourth-order valence-corrected chi connectivity index (χ4v) is 1.98. The maximum atomic E-state index is 10.9. The lowest BCUT2D eigenvalue weighted by molar-refractivity contribution is -0.137. The molecule has 16 heavy (non-hydrogen) atoms. The zero-order chi connectivity index (χ0) is 12.0. The number of esters is 1. The van der Waals surface area contributed by atoms with Gasteiger partial charge in [0, 0.05) is 0 Å². The molecule has 0 N–H and O–H groups in total. The lowest BCUT2D eigenvalue weighted by Gasteiger charge is -2.04. The van der Waals surface area contributed by atoms with Crippen molar-refractivity contribution < 1.29 is 14.3 Å². The molecule has 1 aromatic carbocycles. The largest absolute Gasteiger partial charge is 0.497 e. The number of benzene rings is 1. The highest BCUT2D eigenvalue weighted by Crippen LogP contribution is 2.17. The fourth-order valence-electron chi connectivity index (χ4n) is 0.994. The first-order valence-corrected chi connectivity index (χ1v) is 5.94. The lowest BCUT2D eigenvalue weighted by atomic mass is 10.2. The fraction of sp³-hybridized carbons (Fsp3) is 0.273. The molecule has 5 heteroatoms. The summed E-state index contributed by atoms with van der Waals surface area (Å²) < 4.78 is 10.2. The Balaban J connectivity index is 2.56. The Morgan fingerprint density at radius 2 is 1.94 bits per heavy atom. The maximum absolute atomic E-state index is 10.9. The summed E-state index contributed by atoms with van der Waals surface area (Å²) in [5.41, 5.74) is 0.907. The summed E-state index contributed by atoms with van der Waals surface area (Å²) in [7, 11) is 2.97. The number of carbonyl (C=O) groups excluding carboxylic acids is 1. The highest BCUT2D eigenvalue weighted by atomic mass is 32.2. The van der Waals surface area contributed by atoms with Crippen LogP contribution in [0, 0.1) is 0 Å². The third kappa shape index (κ3) is 3.83. The Bertz CT molecular complexity index is 373. The lowest BCUT2D eigenvalue weighted by Crippen LogP contribution is -2.05. The van der Waals surface area contributed by atoms with Gasteiger partial charge in [0.1, 0.15) is 5.75 Å². The SMILES string of the molecule is COC(=O)CSC(=S)c1ccc(OC)cc1. The molecular formula is C11H12O3S2. The van der Waals surface area contributed by atoms with Crippen molar-refractivity contribution in [2.45, 2.75) is 0 Å². The van der Waals surface area contributed by atoms with Gasteiger partial charge in [-0.2, -0.15) is 0 Å². The van der Waals surface area contributed by atoms with Gasteiger partial charge < -0.3 is 9.47 Å². The van der Waals surface area contributed by atoms with Crippen LogP contribution in [-0.4, -0.2) is 30.1 Å². The first-order valence-electron chi connectivity index (χ1n) is 4.55. The third-order valence-corrected chi connectivity index (χ3v) is 3.34. The van der Waals surface area contributed by atoms with Crippen LogP contribution in [0.4, 0.5) is 0 Å². The molecule has 1 aromatic rings. The predicted octanol–water partition coefficient (Wildman–Crippen LogP) is 2.28. The van der Waals surface area contributed by atoms with Crippen molar-refractivity contribution in [3.05, 3.63) is 29.8 Å². The van der Waals surface area contributed by atoms with Crippen molar-refractivity contribution in [3.63, 3.8) is 0 Å². The zero-order valence-corrected chi connectivity index (χ0v) is 10.7. The van der Waals surface area contributed by atoms with E-state index in [-0.39, 0.29) is 11.7 Å². The van der Waals surface area contributed by atoms with Gasteiger partial charge in [-0.3, -0.25) is 4.79 Å². The van der Waals surface area contributed by atoms with Crippen molar-refractivity contribution in [2.24, 2.45) is 0 Å². The van der Waals surface area contributed by atoms with E-state index in [9.17, 15) is 4.79 Å². The molecule has 0 aromatic heterocycles. The molecule has 1 rings (SSSR count). The zero-order valence-electron chi connectivity index (χ0n) is 9.06. The molecule has 0 saturated heterocycles. The number of hydrogen-bond donors (Lipinski definition) is 0. The predicted molar refractivity (Wildman–Crippen MR) is 69.2 cm³/mol. The third-order valence-electron chi connectivity index (χ3n) is 1.87. The summed E-state index contributed by atoms with van der Waals surface area (Å²) in [6.07, 6.45) is 0. The molecule has 0 heterocycles. The van der Waals surface area contributed by atoms with Gasteiger partial charge in [-0.25, -0.2) is 0 Å². The van der Waals surface area contributed by atoms with E-state index >= 15 is 0 Å². The van der Waals surface area contributed by atoms with Crippen molar-refractivity contribution in [3.8, 4) is 5.75 Å². The number of ether oxygens (including phenoxy) is 2. The number of rotatable bonds is 4. The normalized spacial score (nSPS) is 9.62. The first-order chi connectivity index (χ1) is 7.67. The van der Waals surface area contributed by atoms with Gasteiger partial charge in [0.25, 0.3) is 0 Å². The second-order valence-electron chi connectivity index (χ2n) is 2.88. The van der Waals surface area contributed by atoms with E-state index < -0.39 is 0 Å². The second-order valence-corrected chi connectivity index (χ2v) is 4.53. The smallest absolute Gasteiger partial charge is 0.316 e. The molecule has 0 saturated carbocycles. The van der Waals surface area contributed by atoms with E-state index in [0.29, 0.717) is 4.20 Å². The van der Waals surface area contributed by atoms with Crippen LogP contribution in [0.3, 0.4) is 0 Å². The van der Waals surface area contributed by atoms with Gasteiger partial charge in [0.2, 0.25) is 0 Å². The van der Waals surface area contributed by atoms with E-state index in [2.05, 4.69) is 4.74 Å². The first kappa shape index (κ1) is 13.0. The molecule has 0 spiro atoms. The summed E-state index contributed by atoms with van der Waals surface area (Å²) >= 11 is 6.47. The van der Waals surface area contributed by atoms with E-state index in [1.54, 1.807) is 7.11 Å². The van der Waals surface area contributed by atoms with Crippen LogP contribution < -0.4 is 4.74 Å². The van der Waals surface area contributed by atoms with E-state index in [1.807, 2.05) is 24.3 Å². The van der Waals surface area contributed by atoms with E-state index in [0.717, 1.165) is 11.3 Å². The molecular weight excluding hydrogens is 244 g/mol. The Morgan fingerprint density at radius 1 is 1.31 bits per heavy atom. The van der Waals surface area contributed by atoms with Crippen LogP contribution in [0.25, 0.3) is 0 Å². The Labute approximate surface area is 104 Å². The Morgan fingerprint density at radius 3 is 2.44 bits per heavy atom. The molecule has 0 aliphatic carbocycles. The summed E-state index contributed by atoms with van der Waals surface area (Å²) in [5.74, 6) is 0.742. The summed E-state index contributed by atoms with van der Waals surface area (Å²) in [6.45, 7) is 0. The number of carbonyl (C=O) groups is 1. The molecule has 0 aliphatic heterocycles. The molecule has 0 fully saturated rings. The highest BCUT2D eigenvalue weighted by Gasteiger charge is 2.06. The van der Waals surface area contributed by atoms with Crippen LogP contribution in [-0.2, 0) is 9.53 Å². The minimum atomic E-state index is -0.277. The standard InChI is InChI=1S/C11H12O3S2/c1-13-9-5-3-8(4-6-9)11(15)16-7-10(12)14-2/h3-6H,7H2,1-2H3. The maximum Gasteiger partial charge on any atom is 0.316 e. The summed E-state index contributed by atoms with van der Waals surface area (Å²) in [4.78, 5) is 10.9. The Kier molecular flexibility index (Phi) is 5.28. The van der Waals surface area contributed by atoms with E-state index in [4.69, 9.17) is 17.0 Å². The quantitative estimate of drug-likeness (QED) is 0.610. The minimum absolute atomic E-state index is 0.237. The average molecular weight is 256 g/mol. The summed E-state index contributed by atoms with van der Waals surface area (Å²) in [6, 6.07) is 7.40. The van der Waals surface area contributed by atoms with Crippen molar-refractivity contribution in [1.82, 2.24) is 0 Å². The van der Waals surface area contributed by atoms with Gasteiger partial charge in [0.15, 0.2) is 0 Å². The molecule has 86 valence electrons. The van der Waals surface area contributed by atoms with Crippen LogP contribution >= 0.6 is 24.0 Å². The molecule has 0 bridgehead atoms. The molecule has 0 radical (unpaired) electrons. The average Bonchev–Trinajstić information content (AvgIpc) is 2.35. The summed E-state index contributed by atoms with van der Waals surface area (Å²) in [5, 5.41) is 0. The van der Waals surface area contributed by atoms with Crippen LogP contribution in [0.5, 0.6) is 5.75 Å².